The number of carbonyl (C=O) groups is 3. The van der Waals surface area contributed by atoms with Crippen LogP contribution in [0.25, 0.3) is 0 Å². The first kappa shape index (κ1) is 18.6. The largest absolute Gasteiger partial charge is 0.378 e. The maximum Gasteiger partial charge on any atom is 0.229 e. The number of benzene rings is 2. The lowest BCUT2D eigenvalue weighted by atomic mass is 10.1. The summed E-state index contributed by atoms with van der Waals surface area (Å²) in [5, 5.41) is 2.83. The Kier molecular flexibility index (Phi) is 5.26. The van der Waals surface area contributed by atoms with Gasteiger partial charge >= 0.3 is 0 Å². The number of ketones is 1. The Morgan fingerprint density at radius 2 is 1.67 bits per heavy atom. The van der Waals surface area contributed by atoms with Crippen LogP contribution in [0.4, 0.5) is 17.1 Å². The Bertz CT molecular complexity index is 857. The van der Waals surface area contributed by atoms with Gasteiger partial charge in [0.2, 0.25) is 11.8 Å². The SMILES string of the molecule is CC(=O)c1ccc(NC(=O)C2CC(=O)N(c3ccc(N(C)C)cc3)C2)cc1. The average molecular weight is 365 g/mol. The first-order valence-electron chi connectivity index (χ1n) is 8.85. The van der Waals surface area contributed by atoms with Crippen molar-refractivity contribution >= 4 is 34.7 Å². The number of amides is 2. The predicted molar refractivity (Wildman–Crippen MR) is 106 cm³/mol. The minimum Gasteiger partial charge on any atom is -0.378 e. The molecule has 6 nitrogen and oxygen atoms in total. The second-order valence-electron chi connectivity index (χ2n) is 6.94. The van der Waals surface area contributed by atoms with Crippen LogP contribution in [-0.2, 0) is 9.59 Å². The molecule has 6 heteroatoms. The summed E-state index contributed by atoms with van der Waals surface area (Å²) in [6, 6.07) is 14.4. The van der Waals surface area contributed by atoms with Crippen molar-refractivity contribution < 1.29 is 14.4 Å². The molecule has 1 aliphatic rings. The van der Waals surface area contributed by atoms with Gasteiger partial charge in [-0.05, 0) is 55.5 Å². The molecule has 0 aliphatic carbocycles. The van der Waals surface area contributed by atoms with Gasteiger partial charge in [-0.25, -0.2) is 0 Å². The molecule has 2 aromatic carbocycles. The summed E-state index contributed by atoms with van der Waals surface area (Å²) < 4.78 is 0. The van der Waals surface area contributed by atoms with Crippen molar-refractivity contribution in [3.8, 4) is 0 Å². The topological polar surface area (TPSA) is 69.7 Å². The van der Waals surface area contributed by atoms with Gasteiger partial charge in [-0.1, -0.05) is 0 Å². The molecular formula is C21H23N3O3. The van der Waals surface area contributed by atoms with Crippen LogP contribution in [0.5, 0.6) is 0 Å². The number of nitrogens with one attached hydrogen (secondary N) is 1. The molecule has 0 radical (unpaired) electrons. The second-order valence-corrected chi connectivity index (χ2v) is 6.94. The third-order valence-corrected chi connectivity index (χ3v) is 4.73. The molecule has 1 aliphatic heterocycles. The number of hydrogen-bond acceptors (Lipinski definition) is 4. The van der Waals surface area contributed by atoms with Gasteiger partial charge in [0.05, 0.1) is 5.92 Å². The summed E-state index contributed by atoms with van der Waals surface area (Å²) >= 11 is 0. The van der Waals surface area contributed by atoms with Crippen LogP contribution in [0.3, 0.4) is 0 Å². The summed E-state index contributed by atoms with van der Waals surface area (Å²) in [4.78, 5) is 39.9. The number of nitrogens with zero attached hydrogens (tertiary/aromatic N) is 2. The molecule has 1 saturated heterocycles. The highest BCUT2D eigenvalue weighted by Crippen LogP contribution is 2.27. The predicted octanol–water partition coefficient (Wildman–Crippen LogP) is 2.95. The third-order valence-electron chi connectivity index (χ3n) is 4.73. The van der Waals surface area contributed by atoms with E-state index in [1.165, 1.54) is 6.92 Å². The van der Waals surface area contributed by atoms with Crippen LogP contribution in [0.15, 0.2) is 48.5 Å². The summed E-state index contributed by atoms with van der Waals surface area (Å²) in [7, 11) is 3.92. The zero-order chi connectivity index (χ0) is 19.6. The van der Waals surface area contributed by atoms with Gasteiger partial charge in [0.1, 0.15) is 0 Å². The Morgan fingerprint density at radius 1 is 1.04 bits per heavy atom. The monoisotopic (exact) mass is 365 g/mol. The molecule has 2 aromatic rings. The number of anilines is 3. The van der Waals surface area contributed by atoms with Crippen LogP contribution in [0, 0.1) is 5.92 Å². The molecule has 0 aromatic heterocycles. The lowest BCUT2D eigenvalue weighted by Gasteiger charge is -2.19. The quantitative estimate of drug-likeness (QED) is 0.827. The number of Topliss-reactive ketones (excluding diaryl/α,β-unsaturated/α-hetero) is 1. The number of rotatable bonds is 5. The maximum atomic E-state index is 12.5. The van der Waals surface area contributed by atoms with Crippen LogP contribution >= 0.6 is 0 Å². The van der Waals surface area contributed by atoms with Gasteiger partial charge < -0.3 is 15.1 Å². The fourth-order valence-electron chi connectivity index (χ4n) is 3.10. The molecule has 1 unspecified atom stereocenters. The first-order valence-corrected chi connectivity index (χ1v) is 8.85. The van der Waals surface area contributed by atoms with Crippen molar-refractivity contribution in [2.45, 2.75) is 13.3 Å². The van der Waals surface area contributed by atoms with Gasteiger partial charge in [-0.2, -0.15) is 0 Å². The molecule has 0 spiro atoms. The molecule has 27 heavy (non-hydrogen) atoms. The van der Waals surface area contributed by atoms with E-state index in [4.69, 9.17) is 0 Å². The highest BCUT2D eigenvalue weighted by atomic mass is 16.2. The lowest BCUT2D eigenvalue weighted by Crippen LogP contribution is -2.28. The normalized spacial score (nSPS) is 16.3. The fraction of sp³-hybridized carbons (Fsp3) is 0.286. The Labute approximate surface area is 158 Å². The third kappa shape index (κ3) is 4.16. The standard InChI is InChI=1S/C21H23N3O3/c1-14(25)15-4-6-17(7-5-15)22-21(27)16-12-20(26)24(13-16)19-10-8-18(9-11-19)23(2)3/h4-11,16H,12-13H2,1-3H3,(H,22,27). The van der Waals surface area contributed by atoms with Crippen molar-refractivity contribution in [3.05, 3.63) is 54.1 Å². The molecule has 1 N–H and O–H groups in total. The van der Waals surface area contributed by atoms with Crippen molar-refractivity contribution in [1.82, 2.24) is 0 Å². The smallest absolute Gasteiger partial charge is 0.229 e. The Balaban J connectivity index is 1.65. The zero-order valence-electron chi connectivity index (χ0n) is 15.7. The molecule has 140 valence electrons. The van der Waals surface area contributed by atoms with Crippen molar-refractivity contribution in [2.75, 3.05) is 35.8 Å². The highest BCUT2D eigenvalue weighted by Gasteiger charge is 2.35. The number of hydrogen-bond donors (Lipinski definition) is 1. The molecule has 2 amide bonds. The van der Waals surface area contributed by atoms with Gasteiger partial charge in [0, 0.05) is 49.7 Å². The van der Waals surface area contributed by atoms with Crippen LogP contribution < -0.4 is 15.1 Å². The van der Waals surface area contributed by atoms with E-state index in [1.807, 2.05) is 43.3 Å². The number of carbonyl (C=O) groups excluding carboxylic acids is 3. The summed E-state index contributed by atoms with van der Waals surface area (Å²) in [5.74, 6) is -0.672. The maximum absolute atomic E-state index is 12.5. The average Bonchev–Trinajstić information content (AvgIpc) is 3.04. The lowest BCUT2D eigenvalue weighted by molar-refractivity contribution is -0.122. The highest BCUT2D eigenvalue weighted by molar-refractivity contribution is 6.03. The van der Waals surface area contributed by atoms with Crippen LogP contribution in [0.1, 0.15) is 23.7 Å². The molecular weight excluding hydrogens is 342 g/mol. The zero-order valence-corrected chi connectivity index (χ0v) is 15.7. The van der Waals surface area contributed by atoms with E-state index in [2.05, 4.69) is 5.32 Å². The molecule has 0 saturated carbocycles. The van der Waals surface area contributed by atoms with Gasteiger partial charge in [-0.15, -0.1) is 0 Å². The molecule has 0 bridgehead atoms. The van der Waals surface area contributed by atoms with E-state index in [0.717, 1.165) is 11.4 Å². The molecule has 3 rings (SSSR count). The van der Waals surface area contributed by atoms with E-state index in [1.54, 1.807) is 29.2 Å². The van der Waals surface area contributed by atoms with Gasteiger partial charge in [-0.3, -0.25) is 14.4 Å². The summed E-state index contributed by atoms with van der Waals surface area (Å²) in [6.07, 6.45) is 0.187. The summed E-state index contributed by atoms with van der Waals surface area (Å²) in [6.45, 7) is 1.86. The van der Waals surface area contributed by atoms with Crippen molar-refractivity contribution in [2.24, 2.45) is 5.92 Å². The van der Waals surface area contributed by atoms with E-state index >= 15 is 0 Å². The fourth-order valence-corrected chi connectivity index (χ4v) is 3.10. The van der Waals surface area contributed by atoms with E-state index in [-0.39, 0.29) is 24.0 Å². The van der Waals surface area contributed by atoms with Gasteiger partial charge in [0.15, 0.2) is 5.78 Å². The molecule has 1 atom stereocenters. The van der Waals surface area contributed by atoms with Crippen molar-refractivity contribution in [3.63, 3.8) is 0 Å². The van der Waals surface area contributed by atoms with E-state index in [9.17, 15) is 14.4 Å². The van der Waals surface area contributed by atoms with Crippen LogP contribution in [0.2, 0.25) is 0 Å². The first-order chi connectivity index (χ1) is 12.8. The Morgan fingerprint density at radius 3 is 2.22 bits per heavy atom. The minimum absolute atomic E-state index is 0.0230. The Hall–Kier alpha value is -3.15. The van der Waals surface area contributed by atoms with Crippen LogP contribution in [-0.4, -0.2) is 38.2 Å². The summed E-state index contributed by atoms with van der Waals surface area (Å²) in [5.41, 5.74) is 3.06. The van der Waals surface area contributed by atoms with Gasteiger partial charge in [0.25, 0.3) is 0 Å². The van der Waals surface area contributed by atoms with E-state index in [0.29, 0.717) is 17.8 Å². The van der Waals surface area contributed by atoms with E-state index < -0.39 is 5.92 Å². The second kappa shape index (κ2) is 7.61. The van der Waals surface area contributed by atoms with Crippen molar-refractivity contribution in [1.29, 1.82) is 0 Å². The molecule has 1 heterocycles. The molecule has 1 fully saturated rings. The minimum atomic E-state index is -0.404.